The van der Waals surface area contributed by atoms with Crippen LogP contribution in [0.2, 0.25) is 0 Å². The summed E-state index contributed by atoms with van der Waals surface area (Å²) in [6, 6.07) is 7.89. The summed E-state index contributed by atoms with van der Waals surface area (Å²) in [5.41, 5.74) is -3.91. The highest BCUT2D eigenvalue weighted by molar-refractivity contribution is 6.08. The number of cyclic esters (lactones) is 1. The summed E-state index contributed by atoms with van der Waals surface area (Å²) in [7, 11) is 0. The Morgan fingerprint density at radius 3 is 1.79 bits per heavy atom. The van der Waals surface area contributed by atoms with E-state index in [2.05, 4.69) is 0 Å². The Hall–Kier alpha value is -7.58. The third-order valence-electron chi connectivity index (χ3n) is 8.52. The van der Waals surface area contributed by atoms with E-state index in [0.717, 1.165) is 6.08 Å². The topological polar surface area (TPSA) is 337 Å². The molecule has 292 valence electrons. The number of phenols is 10. The molecule has 1 fully saturated rings. The minimum absolute atomic E-state index is 0.0652. The molecule has 0 bridgehead atoms. The second-order valence-corrected chi connectivity index (χ2v) is 12.1. The molecule has 6 rings (SSSR count). The van der Waals surface area contributed by atoms with Crippen molar-refractivity contribution in [2.24, 2.45) is 0 Å². The molecule has 0 unspecified atom stereocenters. The Morgan fingerprint density at radius 1 is 0.679 bits per heavy atom. The van der Waals surface area contributed by atoms with E-state index in [0.29, 0.717) is 29.8 Å². The van der Waals surface area contributed by atoms with E-state index in [-0.39, 0.29) is 5.75 Å². The van der Waals surface area contributed by atoms with Crippen LogP contribution in [-0.4, -0.2) is 117 Å². The van der Waals surface area contributed by atoms with Gasteiger partial charge in [0.2, 0.25) is 17.8 Å². The van der Waals surface area contributed by atoms with E-state index in [4.69, 9.17) is 23.7 Å². The van der Waals surface area contributed by atoms with Gasteiger partial charge in [-0.3, -0.25) is 0 Å². The number of esters is 4. The van der Waals surface area contributed by atoms with Gasteiger partial charge in [0.15, 0.2) is 58.6 Å². The molecule has 2 heterocycles. The van der Waals surface area contributed by atoms with Crippen molar-refractivity contribution < 1.29 is 99.0 Å². The normalized spacial score (nSPS) is 20.7. The largest absolute Gasteiger partial charge is 0.508 e. The quantitative estimate of drug-likeness (QED) is 0.0593. The van der Waals surface area contributed by atoms with Gasteiger partial charge in [-0.25, -0.2) is 19.2 Å². The first kappa shape index (κ1) is 38.2. The molecule has 11 N–H and O–H groups in total. The number of fused-ring (bicyclic) bond motifs is 4. The van der Waals surface area contributed by atoms with Crippen LogP contribution in [0.3, 0.4) is 0 Å². The van der Waals surface area contributed by atoms with E-state index in [1.165, 1.54) is 30.3 Å². The number of carbonyl (C=O) groups excluding carboxylic acids is 4. The van der Waals surface area contributed by atoms with Crippen LogP contribution in [0.5, 0.6) is 57.5 Å². The first-order valence-corrected chi connectivity index (χ1v) is 15.9. The second kappa shape index (κ2) is 14.7. The van der Waals surface area contributed by atoms with Gasteiger partial charge in [-0.1, -0.05) is 12.1 Å². The predicted octanol–water partition coefficient (Wildman–Crippen LogP) is 1.67. The van der Waals surface area contributed by atoms with Crippen LogP contribution in [0.25, 0.3) is 17.2 Å². The highest BCUT2D eigenvalue weighted by atomic mass is 16.7. The van der Waals surface area contributed by atoms with Crippen molar-refractivity contribution in [1.82, 2.24) is 0 Å². The lowest BCUT2D eigenvalue weighted by molar-refractivity contribution is -0.289. The number of benzene rings is 4. The number of aliphatic hydroxyl groups excluding tert-OH is 1. The van der Waals surface area contributed by atoms with Crippen molar-refractivity contribution in [2.45, 2.75) is 30.7 Å². The fourth-order valence-electron chi connectivity index (χ4n) is 5.76. The molecule has 20 heteroatoms. The summed E-state index contributed by atoms with van der Waals surface area (Å²) >= 11 is 0. The molecule has 0 radical (unpaired) electrons. The summed E-state index contributed by atoms with van der Waals surface area (Å²) in [6.07, 6.45) is -8.43. The number of aromatic hydroxyl groups is 10. The number of aliphatic hydroxyl groups is 1. The number of carbonyl (C=O) groups is 4. The third kappa shape index (κ3) is 7.07. The van der Waals surface area contributed by atoms with Crippen LogP contribution in [-0.2, 0) is 28.5 Å². The number of ether oxygens (including phenoxy) is 5. The average Bonchev–Trinajstić information content (AvgIpc) is 3.17. The van der Waals surface area contributed by atoms with Crippen molar-refractivity contribution in [1.29, 1.82) is 0 Å². The number of rotatable bonds is 5. The van der Waals surface area contributed by atoms with Crippen molar-refractivity contribution >= 4 is 30.0 Å². The maximum atomic E-state index is 14.0. The number of hydrogen-bond donors (Lipinski definition) is 11. The van der Waals surface area contributed by atoms with E-state index >= 15 is 0 Å². The molecule has 56 heavy (non-hydrogen) atoms. The van der Waals surface area contributed by atoms with E-state index < -0.39 is 141 Å². The number of phenolic OH excluding ortho intramolecular Hbond substituents is 10. The lowest BCUT2D eigenvalue weighted by Crippen LogP contribution is -2.62. The summed E-state index contributed by atoms with van der Waals surface area (Å²) in [6.45, 7) is -1.03. The lowest BCUT2D eigenvalue weighted by Gasteiger charge is -2.42. The Labute approximate surface area is 311 Å². The molecule has 4 aromatic carbocycles. The maximum Gasteiger partial charge on any atom is 0.339 e. The maximum absolute atomic E-state index is 14.0. The molecule has 0 amide bonds. The van der Waals surface area contributed by atoms with Crippen LogP contribution in [0, 0.1) is 0 Å². The fourth-order valence-corrected chi connectivity index (χ4v) is 5.76. The van der Waals surface area contributed by atoms with E-state index in [1.807, 2.05) is 0 Å². The molecule has 0 saturated carbocycles. The minimum atomic E-state index is -2.28. The van der Waals surface area contributed by atoms with Gasteiger partial charge in [-0.2, -0.15) is 0 Å². The zero-order valence-electron chi connectivity index (χ0n) is 28.0. The van der Waals surface area contributed by atoms with Crippen molar-refractivity contribution in [3.05, 3.63) is 76.9 Å². The van der Waals surface area contributed by atoms with E-state index in [9.17, 15) is 75.3 Å². The second-order valence-electron chi connectivity index (χ2n) is 12.1. The van der Waals surface area contributed by atoms with Gasteiger partial charge in [0.1, 0.15) is 18.5 Å². The molecule has 0 spiro atoms. The standard InChI is InChI=1S/C36H28O20/c37-14-4-1-12(2-5-14)3-6-22(42)54-36-30(48)32(56-33(49)13-7-17(38)25(43)18(39)8-13)31-21(53-36)11-52-34(50)15-9-19(40)26(44)28(46)23(15)24-16(35(51)55-31)10-20(41)27(45)29(24)47/h1-10,21,30-32,36-41,43-48H,11H2/b6-3+/t21-,30-,31-,32-,36-/m1/s1. The van der Waals surface area contributed by atoms with Gasteiger partial charge < -0.3 is 79.9 Å². The van der Waals surface area contributed by atoms with Crippen molar-refractivity contribution in [3.8, 4) is 68.6 Å². The SMILES string of the molecule is O=C(/C=C/c1ccc(O)cc1)O[C@H]1O[C@@H]2COC(=O)c3cc(O)c(O)c(O)c3-c3c(cc(O)c(O)c3O)C(=O)O[C@H]2[C@H](OC(=O)c2cc(O)c(O)c(O)c2)[C@H]1O. The zero-order valence-corrected chi connectivity index (χ0v) is 28.0. The molecule has 0 aliphatic carbocycles. The summed E-state index contributed by atoms with van der Waals surface area (Å²) in [4.78, 5) is 53.8. The number of hydrogen-bond acceptors (Lipinski definition) is 20. The molecule has 0 aromatic heterocycles. The Balaban J connectivity index is 1.45. The Morgan fingerprint density at radius 2 is 1.21 bits per heavy atom. The van der Waals surface area contributed by atoms with Crippen molar-refractivity contribution in [2.75, 3.05) is 6.61 Å². The highest BCUT2D eigenvalue weighted by Crippen LogP contribution is 2.53. The van der Waals surface area contributed by atoms with E-state index in [1.54, 1.807) is 0 Å². The zero-order chi connectivity index (χ0) is 40.7. The predicted molar refractivity (Wildman–Crippen MR) is 180 cm³/mol. The molecule has 5 atom stereocenters. The summed E-state index contributed by atoms with van der Waals surface area (Å²) in [5.74, 6) is -16.3. The van der Waals surface area contributed by atoms with Crippen LogP contribution in [0.1, 0.15) is 36.6 Å². The molecular weight excluding hydrogens is 752 g/mol. The summed E-state index contributed by atoms with van der Waals surface area (Å²) < 4.78 is 27.3. The van der Waals surface area contributed by atoms with Crippen LogP contribution < -0.4 is 0 Å². The monoisotopic (exact) mass is 780 g/mol. The molecule has 20 nitrogen and oxygen atoms in total. The highest BCUT2D eigenvalue weighted by Gasteiger charge is 2.52. The first-order valence-electron chi connectivity index (χ1n) is 15.9. The Bertz CT molecular complexity index is 2270. The minimum Gasteiger partial charge on any atom is -0.508 e. The van der Waals surface area contributed by atoms with Gasteiger partial charge in [0.05, 0.1) is 16.7 Å². The smallest absolute Gasteiger partial charge is 0.339 e. The molecule has 2 aliphatic heterocycles. The molecule has 2 aliphatic rings. The van der Waals surface area contributed by atoms with Crippen molar-refractivity contribution in [3.63, 3.8) is 0 Å². The van der Waals surface area contributed by atoms with Gasteiger partial charge >= 0.3 is 23.9 Å². The molecule has 4 aromatic rings. The van der Waals surface area contributed by atoms with Gasteiger partial charge in [0, 0.05) is 17.2 Å². The van der Waals surface area contributed by atoms with Gasteiger partial charge in [-0.15, -0.1) is 0 Å². The average molecular weight is 781 g/mol. The molecular formula is C36H28O20. The molecule has 1 saturated heterocycles. The summed E-state index contributed by atoms with van der Waals surface area (Å²) in [5, 5.41) is 114. The fraction of sp³-hybridized carbons (Fsp3) is 0.167. The third-order valence-corrected chi connectivity index (χ3v) is 8.52. The van der Waals surface area contributed by atoms with Gasteiger partial charge in [-0.05, 0) is 48.0 Å². The first-order chi connectivity index (χ1) is 26.5. The lowest BCUT2D eigenvalue weighted by atomic mass is 9.92. The Kier molecular flexibility index (Phi) is 10.0. The van der Waals surface area contributed by atoms with Crippen LogP contribution >= 0.6 is 0 Å². The van der Waals surface area contributed by atoms with Crippen LogP contribution in [0.15, 0.2) is 54.6 Å². The van der Waals surface area contributed by atoms with Gasteiger partial charge in [0.25, 0.3) is 0 Å². The van der Waals surface area contributed by atoms with Crippen LogP contribution in [0.4, 0.5) is 0 Å².